The van der Waals surface area contributed by atoms with E-state index in [0.717, 1.165) is 16.6 Å². The van der Waals surface area contributed by atoms with E-state index in [4.69, 9.17) is 11.6 Å². The van der Waals surface area contributed by atoms with Crippen molar-refractivity contribution < 1.29 is 9.90 Å². The molecule has 0 spiro atoms. The normalized spacial score (nSPS) is 19.5. The number of nitrogens with zero attached hydrogens (tertiary/aromatic N) is 2. The van der Waals surface area contributed by atoms with Crippen LogP contribution in [0.15, 0.2) is 42.5 Å². The monoisotopic (exact) mass is 341 g/mol. The van der Waals surface area contributed by atoms with Crippen LogP contribution in [0.2, 0.25) is 5.02 Å². The number of aromatic nitrogens is 2. The Hall–Kier alpha value is -2.37. The number of rotatable bonds is 2. The highest BCUT2D eigenvalue weighted by Crippen LogP contribution is 2.31. The van der Waals surface area contributed by atoms with Crippen molar-refractivity contribution in [2.45, 2.75) is 18.6 Å². The summed E-state index contributed by atoms with van der Waals surface area (Å²) in [4.78, 5) is 17.1. The highest BCUT2D eigenvalue weighted by molar-refractivity contribution is 6.31. The molecule has 0 saturated carbocycles. The fourth-order valence-corrected chi connectivity index (χ4v) is 3.49. The van der Waals surface area contributed by atoms with Gasteiger partial charge in [0.1, 0.15) is 0 Å². The lowest BCUT2D eigenvalue weighted by atomic mass is 10.1. The summed E-state index contributed by atoms with van der Waals surface area (Å²) in [5.74, 6) is -0.0191. The second-order valence-corrected chi connectivity index (χ2v) is 6.49. The van der Waals surface area contributed by atoms with E-state index in [1.54, 1.807) is 29.8 Å². The molecule has 0 radical (unpaired) electrons. The van der Waals surface area contributed by atoms with Crippen LogP contribution in [0.3, 0.4) is 0 Å². The molecule has 0 fully saturated rings. The third-order valence-electron chi connectivity index (χ3n) is 4.54. The maximum absolute atomic E-state index is 12.7. The third-order valence-corrected chi connectivity index (χ3v) is 4.77. The molecular formula is C18H16ClN3O2. The lowest BCUT2D eigenvalue weighted by Crippen LogP contribution is -2.35. The highest BCUT2D eigenvalue weighted by Gasteiger charge is 2.32. The first-order valence-electron chi connectivity index (χ1n) is 7.73. The zero-order valence-corrected chi connectivity index (χ0v) is 13.8. The van der Waals surface area contributed by atoms with Crippen LogP contribution in [0.5, 0.6) is 0 Å². The van der Waals surface area contributed by atoms with E-state index in [1.165, 1.54) is 0 Å². The van der Waals surface area contributed by atoms with Crippen molar-refractivity contribution >= 4 is 28.5 Å². The Morgan fingerprint density at radius 1 is 1.33 bits per heavy atom. The molecule has 0 unspecified atom stereocenters. The molecule has 122 valence electrons. The second-order valence-electron chi connectivity index (χ2n) is 6.05. The first kappa shape index (κ1) is 15.2. The summed E-state index contributed by atoms with van der Waals surface area (Å²) in [5, 5.41) is 13.8. The molecule has 2 N–H and O–H groups in total. The molecule has 5 nitrogen and oxygen atoms in total. The first-order valence-corrected chi connectivity index (χ1v) is 8.11. The number of aryl methyl sites for hydroxylation is 1. The van der Waals surface area contributed by atoms with Gasteiger partial charge in [-0.3, -0.25) is 4.79 Å². The fraction of sp³-hybridized carbons (Fsp3) is 0.222. The van der Waals surface area contributed by atoms with Crippen molar-refractivity contribution in [1.29, 1.82) is 0 Å². The number of aliphatic hydroxyl groups is 1. The maximum atomic E-state index is 12.7. The molecule has 1 aliphatic rings. The van der Waals surface area contributed by atoms with Crippen LogP contribution in [0, 0.1) is 0 Å². The van der Waals surface area contributed by atoms with Crippen molar-refractivity contribution in [2.24, 2.45) is 7.05 Å². The van der Waals surface area contributed by atoms with Crippen molar-refractivity contribution in [3.05, 3.63) is 64.4 Å². The van der Waals surface area contributed by atoms with E-state index in [1.807, 2.05) is 24.3 Å². The Morgan fingerprint density at radius 2 is 2.12 bits per heavy atom. The van der Waals surface area contributed by atoms with Gasteiger partial charge in [-0.15, -0.1) is 0 Å². The minimum absolute atomic E-state index is 0.295. The number of carbonyl (C=O) groups excluding carboxylic acids is 1. The molecule has 0 bridgehead atoms. The standard InChI is InChI=1S/C18H16ClN3O2/c1-22-14-9-11(19)6-7-13(14)20-17(22)18(24)21-16-12-5-3-2-4-10(12)8-15(16)23/h2-7,9,15-16,23H,8H2,1H3,(H,21,24)/t15-,16+/m0/s1. The van der Waals surface area contributed by atoms with E-state index in [9.17, 15) is 9.90 Å². The number of benzene rings is 2. The summed E-state index contributed by atoms with van der Waals surface area (Å²) in [6.45, 7) is 0. The Kier molecular flexibility index (Phi) is 3.55. The quantitative estimate of drug-likeness (QED) is 0.753. The summed E-state index contributed by atoms with van der Waals surface area (Å²) in [7, 11) is 1.78. The van der Waals surface area contributed by atoms with E-state index in [2.05, 4.69) is 10.3 Å². The van der Waals surface area contributed by atoms with Crippen LogP contribution < -0.4 is 5.32 Å². The molecule has 0 saturated heterocycles. The summed E-state index contributed by atoms with van der Waals surface area (Å²) in [6, 6.07) is 12.6. The van der Waals surface area contributed by atoms with Crippen LogP contribution in [-0.4, -0.2) is 26.7 Å². The summed E-state index contributed by atoms with van der Waals surface area (Å²) < 4.78 is 1.71. The average Bonchev–Trinajstić information content (AvgIpc) is 3.06. The molecule has 1 heterocycles. The second kappa shape index (κ2) is 5.61. The van der Waals surface area contributed by atoms with Gasteiger partial charge >= 0.3 is 0 Å². The van der Waals surface area contributed by atoms with Gasteiger partial charge in [-0.1, -0.05) is 35.9 Å². The minimum Gasteiger partial charge on any atom is -0.390 e. The van der Waals surface area contributed by atoms with E-state index < -0.39 is 12.1 Å². The Labute approximate surface area is 143 Å². The molecule has 24 heavy (non-hydrogen) atoms. The zero-order chi connectivity index (χ0) is 16.8. The lowest BCUT2D eigenvalue weighted by Gasteiger charge is -2.17. The summed E-state index contributed by atoms with van der Waals surface area (Å²) in [5.41, 5.74) is 3.52. The maximum Gasteiger partial charge on any atom is 0.287 e. The SMILES string of the molecule is Cn1c(C(=O)N[C@@H]2c3ccccc3C[C@@H]2O)nc2ccc(Cl)cc21. The van der Waals surface area contributed by atoms with Crippen LogP contribution in [0.4, 0.5) is 0 Å². The van der Waals surface area contributed by atoms with Crippen molar-refractivity contribution in [3.63, 3.8) is 0 Å². The first-order chi connectivity index (χ1) is 11.5. The number of halogens is 1. The topological polar surface area (TPSA) is 67.2 Å². The van der Waals surface area contributed by atoms with Crippen LogP contribution in [0.25, 0.3) is 11.0 Å². The Balaban J connectivity index is 1.67. The largest absolute Gasteiger partial charge is 0.390 e. The smallest absolute Gasteiger partial charge is 0.287 e. The van der Waals surface area contributed by atoms with Gasteiger partial charge in [-0.2, -0.15) is 0 Å². The molecule has 0 aliphatic heterocycles. The third kappa shape index (κ3) is 2.37. The van der Waals surface area contributed by atoms with Gasteiger partial charge in [0.2, 0.25) is 0 Å². The van der Waals surface area contributed by atoms with Crippen molar-refractivity contribution in [3.8, 4) is 0 Å². The average molecular weight is 342 g/mol. The molecule has 1 aromatic heterocycles. The van der Waals surface area contributed by atoms with Gasteiger partial charge in [-0.05, 0) is 29.3 Å². The van der Waals surface area contributed by atoms with E-state index in [0.29, 0.717) is 22.8 Å². The van der Waals surface area contributed by atoms with Gasteiger partial charge in [0.05, 0.1) is 23.2 Å². The lowest BCUT2D eigenvalue weighted by molar-refractivity contribution is 0.0845. The fourth-order valence-electron chi connectivity index (χ4n) is 3.32. The predicted molar refractivity (Wildman–Crippen MR) is 92.1 cm³/mol. The number of hydrogen-bond donors (Lipinski definition) is 2. The van der Waals surface area contributed by atoms with Crippen molar-refractivity contribution in [2.75, 3.05) is 0 Å². The number of amides is 1. The molecule has 6 heteroatoms. The molecule has 2 atom stereocenters. The number of aliphatic hydroxyl groups excluding tert-OH is 1. The number of fused-ring (bicyclic) bond motifs is 2. The molecule has 2 aromatic carbocycles. The highest BCUT2D eigenvalue weighted by atomic mass is 35.5. The van der Waals surface area contributed by atoms with Crippen LogP contribution in [0.1, 0.15) is 27.8 Å². The molecule has 1 aliphatic carbocycles. The van der Waals surface area contributed by atoms with Crippen LogP contribution in [-0.2, 0) is 13.5 Å². The molecule has 3 aromatic rings. The van der Waals surface area contributed by atoms with Gasteiger partial charge in [0.25, 0.3) is 5.91 Å². The molecule has 1 amide bonds. The number of nitrogens with one attached hydrogen (secondary N) is 1. The minimum atomic E-state index is -0.629. The van der Waals surface area contributed by atoms with Gasteiger partial charge in [0, 0.05) is 18.5 Å². The Morgan fingerprint density at radius 3 is 2.96 bits per heavy atom. The molecule has 4 rings (SSSR count). The predicted octanol–water partition coefficient (Wildman–Crippen LogP) is 2.61. The van der Waals surface area contributed by atoms with E-state index >= 15 is 0 Å². The summed E-state index contributed by atoms with van der Waals surface area (Å²) >= 11 is 6.02. The number of hydrogen-bond acceptors (Lipinski definition) is 3. The van der Waals surface area contributed by atoms with E-state index in [-0.39, 0.29) is 5.91 Å². The number of carbonyl (C=O) groups is 1. The van der Waals surface area contributed by atoms with Crippen molar-refractivity contribution in [1.82, 2.24) is 14.9 Å². The van der Waals surface area contributed by atoms with Gasteiger partial charge in [-0.25, -0.2) is 4.98 Å². The Bertz CT molecular complexity index is 951. The van der Waals surface area contributed by atoms with Gasteiger partial charge in [0.15, 0.2) is 5.82 Å². The number of imidazole rings is 1. The molecular weight excluding hydrogens is 326 g/mol. The van der Waals surface area contributed by atoms with Crippen LogP contribution >= 0.6 is 11.6 Å². The van der Waals surface area contributed by atoms with Gasteiger partial charge < -0.3 is 15.0 Å². The zero-order valence-electron chi connectivity index (χ0n) is 13.0. The summed E-state index contributed by atoms with van der Waals surface area (Å²) in [6.07, 6.45) is -0.0882.